The summed E-state index contributed by atoms with van der Waals surface area (Å²) in [7, 11) is 0. The lowest BCUT2D eigenvalue weighted by Gasteiger charge is -2.33. The van der Waals surface area contributed by atoms with Crippen molar-refractivity contribution in [2.45, 2.75) is 25.3 Å². The molecular weight excluding hydrogens is 440 g/mol. The van der Waals surface area contributed by atoms with Crippen molar-refractivity contribution < 1.29 is 9.59 Å². The molecule has 2 heterocycles. The number of amides is 2. The SMILES string of the molecule is Cc1cccc(CN2C(=O)[C@@]3(SCCN3C(=O)c3cccc(Cl)c3)c3cc(C)ccc32)c1. The Bertz CT molecular complexity index is 1240. The van der Waals surface area contributed by atoms with Crippen LogP contribution in [0, 0.1) is 13.8 Å². The number of hydrogen-bond donors (Lipinski definition) is 0. The zero-order valence-electron chi connectivity index (χ0n) is 18.0. The molecule has 0 bridgehead atoms. The lowest BCUT2D eigenvalue weighted by molar-refractivity contribution is -0.123. The number of halogens is 1. The molecule has 1 fully saturated rings. The predicted octanol–water partition coefficient (Wildman–Crippen LogP) is 5.55. The second kappa shape index (κ2) is 7.98. The summed E-state index contributed by atoms with van der Waals surface area (Å²) in [4.78, 5) is 30.2. The van der Waals surface area contributed by atoms with Crippen molar-refractivity contribution in [2.24, 2.45) is 0 Å². The molecule has 2 aliphatic rings. The van der Waals surface area contributed by atoms with E-state index >= 15 is 0 Å². The molecule has 0 N–H and O–H groups in total. The highest BCUT2D eigenvalue weighted by molar-refractivity contribution is 8.01. The summed E-state index contributed by atoms with van der Waals surface area (Å²) < 4.78 is 0. The molecule has 3 aromatic rings. The third kappa shape index (κ3) is 3.31. The van der Waals surface area contributed by atoms with Crippen LogP contribution in [0.4, 0.5) is 5.69 Å². The number of thioether (sulfide) groups is 1. The van der Waals surface area contributed by atoms with Gasteiger partial charge in [-0.1, -0.05) is 65.2 Å². The molecule has 0 radical (unpaired) electrons. The van der Waals surface area contributed by atoms with Crippen LogP contribution in [0.3, 0.4) is 0 Å². The summed E-state index contributed by atoms with van der Waals surface area (Å²) in [6.45, 7) is 5.04. The maximum atomic E-state index is 14.1. The molecule has 1 saturated heterocycles. The normalized spacial score (nSPS) is 19.7. The van der Waals surface area contributed by atoms with Gasteiger partial charge in [0.1, 0.15) is 0 Å². The van der Waals surface area contributed by atoms with E-state index in [2.05, 4.69) is 12.1 Å². The molecule has 0 unspecified atom stereocenters. The van der Waals surface area contributed by atoms with Gasteiger partial charge in [0.25, 0.3) is 11.8 Å². The molecule has 1 atom stereocenters. The van der Waals surface area contributed by atoms with E-state index < -0.39 is 4.87 Å². The Morgan fingerprint density at radius 2 is 1.81 bits per heavy atom. The van der Waals surface area contributed by atoms with Crippen LogP contribution < -0.4 is 4.90 Å². The van der Waals surface area contributed by atoms with Crippen molar-refractivity contribution in [2.75, 3.05) is 17.2 Å². The van der Waals surface area contributed by atoms with E-state index in [0.29, 0.717) is 29.4 Å². The highest BCUT2D eigenvalue weighted by atomic mass is 35.5. The quantitative estimate of drug-likeness (QED) is 0.512. The monoisotopic (exact) mass is 462 g/mol. The van der Waals surface area contributed by atoms with Crippen molar-refractivity contribution in [3.63, 3.8) is 0 Å². The molecule has 4 nitrogen and oxygen atoms in total. The lowest BCUT2D eigenvalue weighted by Crippen LogP contribution is -2.50. The largest absolute Gasteiger partial charge is 0.311 e. The van der Waals surface area contributed by atoms with Gasteiger partial charge >= 0.3 is 0 Å². The van der Waals surface area contributed by atoms with Crippen LogP contribution in [0.1, 0.15) is 32.6 Å². The van der Waals surface area contributed by atoms with E-state index in [9.17, 15) is 9.59 Å². The Hall–Kier alpha value is -2.76. The smallest absolute Gasteiger partial charge is 0.268 e. The molecule has 162 valence electrons. The average molecular weight is 463 g/mol. The number of nitrogens with zero attached hydrogens (tertiary/aromatic N) is 2. The van der Waals surface area contributed by atoms with Gasteiger partial charge in [0.2, 0.25) is 0 Å². The molecular formula is C26H23ClN2O2S. The number of aryl methyl sites for hydroxylation is 2. The maximum absolute atomic E-state index is 14.1. The van der Waals surface area contributed by atoms with Gasteiger partial charge in [0.05, 0.1) is 12.2 Å². The molecule has 6 heteroatoms. The van der Waals surface area contributed by atoms with Crippen LogP contribution in [0.25, 0.3) is 0 Å². The molecule has 0 saturated carbocycles. The first-order valence-electron chi connectivity index (χ1n) is 10.6. The standard InChI is InChI=1S/C26H23ClN2O2S/c1-17-5-3-6-19(13-17)16-28-23-10-9-18(2)14-22(23)26(25(28)31)29(11-12-32-26)24(30)20-7-4-8-21(27)15-20/h3-10,13-15H,11-12,16H2,1-2H3/t26-/m0/s1. The van der Waals surface area contributed by atoms with Gasteiger partial charge in [-0.2, -0.15) is 0 Å². The van der Waals surface area contributed by atoms with Crippen LogP contribution in [0.2, 0.25) is 5.02 Å². The molecule has 0 aromatic heterocycles. The van der Waals surface area contributed by atoms with Crippen LogP contribution in [-0.4, -0.2) is 29.0 Å². The Morgan fingerprint density at radius 1 is 1.03 bits per heavy atom. The minimum Gasteiger partial charge on any atom is -0.311 e. The van der Waals surface area contributed by atoms with E-state index in [-0.39, 0.29) is 11.8 Å². The van der Waals surface area contributed by atoms with Gasteiger partial charge in [0, 0.05) is 28.4 Å². The second-order valence-electron chi connectivity index (χ2n) is 8.36. The highest BCUT2D eigenvalue weighted by Gasteiger charge is 2.59. The summed E-state index contributed by atoms with van der Waals surface area (Å²) in [6, 6.07) is 21.2. The third-order valence-corrected chi connectivity index (χ3v) is 7.74. The van der Waals surface area contributed by atoms with E-state index in [1.54, 1.807) is 40.9 Å². The molecule has 3 aromatic carbocycles. The number of benzene rings is 3. The number of carbonyl (C=O) groups excluding carboxylic acids is 2. The highest BCUT2D eigenvalue weighted by Crippen LogP contribution is 2.55. The summed E-state index contributed by atoms with van der Waals surface area (Å²) in [5, 5.41) is 0.506. The van der Waals surface area contributed by atoms with Gasteiger partial charge in [-0.05, 0) is 43.7 Å². The fourth-order valence-corrected chi connectivity index (χ4v) is 6.30. The Kier molecular flexibility index (Phi) is 5.26. The fourth-order valence-electron chi connectivity index (χ4n) is 4.66. The van der Waals surface area contributed by atoms with Gasteiger partial charge in [0.15, 0.2) is 4.87 Å². The van der Waals surface area contributed by atoms with Crippen molar-refractivity contribution in [3.8, 4) is 0 Å². The van der Waals surface area contributed by atoms with Gasteiger partial charge in [-0.15, -0.1) is 11.8 Å². The van der Waals surface area contributed by atoms with Crippen molar-refractivity contribution >= 4 is 40.9 Å². The van der Waals surface area contributed by atoms with E-state index in [0.717, 1.165) is 27.9 Å². The van der Waals surface area contributed by atoms with Crippen LogP contribution in [0.5, 0.6) is 0 Å². The minimum atomic E-state index is -1.05. The Morgan fingerprint density at radius 3 is 2.59 bits per heavy atom. The van der Waals surface area contributed by atoms with Crippen molar-refractivity contribution in [1.82, 2.24) is 4.90 Å². The zero-order valence-corrected chi connectivity index (χ0v) is 19.5. The van der Waals surface area contributed by atoms with Gasteiger partial charge < -0.3 is 9.80 Å². The van der Waals surface area contributed by atoms with Crippen molar-refractivity contribution in [1.29, 1.82) is 0 Å². The Labute approximate surface area is 197 Å². The lowest BCUT2D eigenvalue weighted by atomic mass is 10.0. The molecule has 5 rings (SSSR count). The van der Waals surface area contributed by atoms with Gasteiger partial charge in [-0.3, -0.25) is 9.59 Å². The summed E-state index contributed by atoms with van der Waals surface area (Å²) in [6.07, 6.45) is 0. The summed E-state index contributed by atoms with van der Waals surface area (Å²) >= 11 is 7.70. The molecule has 32 heavy (non-hydrogen) atoms. The number of carbonyl (C=O) groups is 2. The first-order valence-corrected chi connectivity index (χ1v) is 12.0. The van der Waals surface area contributed by atoms with E-state index in [4.69, 9.17) is 11.6 Å². The van der Waals surface area contributed by atoms with E-state index in [1.165, 1.54) is 0 Å². The first-order chi connectivity index (χ1) is 15.4. The first kappa shape index (κ1) is 21.1. The number of rotatable bonds is 3. The third-order valence-electron chi connectivity index (χ3n) is 6.09. The summed E-state index contributed by atoms with van der Waals surface area (Å²) in [5.41, 5.74) is 5.56. The molecule has 2 amide bonds. The number of anilines is 1. The van der Waals surface area contributed by atoms with Crippen LogP contribution in [-0.2, 0) is 16.2 Å². The predicted molar refractivity (Wildman–Crippen MR) is 130 cm³/mol. The molecule has 1 spiro atoms. The molecule has 2 aliphatic heterocycles. The van der Waals surface area contributed by atoms with Crippen molar-refractivity contribution in [3.05, 3.63) is 99.6 Å². The van der Waals surface area contributed by atoms with Gasteiger partial charge in [-0.25, -0.2) is 0 Å². The van der Waals surface area contributed by atoms with Crippen LogP contribution in [0.15, 0.2) is 66.7 Å². The second-order valence-corrected chi connectivity index (χ2v) is 10.1. The Balaban J connectivity index is 1.60. The fraction of sp³-hybridized carbons (Fsp3) is 0.231. The topological polar surface area (TPSA) is 40.6 Å². The maximum Gasteiger partial charge on any atom is 0.268 e. The number of hydrogen-bond acceptors (Lipinski definition) is 3. The minimum absolute atomic E-state index is 0.0579. The molecule has 0 aliphatic carbocycles. The van der Waals surface area contributed by atoms with E-state index in [1.807, 2.05) is 49.1 Å². The zero-order chi connectivity index (χ0) is 22.5. The summed E-state index contributed by atoms with van der Waals surface area (Å²) in [5.74, 6) is 0.470. The average Bonchev–Trinajstić information content (AvgIpc) is 3.30. The van der Waals surface area contributed by atoms with Crippen LogP contribution >= 0.6 is 23.4 Å². The number of fused-ring (bicyclic) bond motifs is 2.